The van der Waals surface area contributed by atoms with E-state index in [-0.39, 0.29) is 5.56 Å². The number of halogens is 2. The summed E-state index contributed by atoms with van der Waals surface area (Å²) in [6.45, 7) is 4.38. The average molecular weight is 517 g/mol. The second-order valence-corrected chi connectivity index (χ2v) is 9.51. The Bertz CT molecular complexity index is 1460. The maximum Gasteiger partial charge on any atom is 0.338 e. The first-order valence-electron chi connectivity index (χ1n) is 10.6. The molecule has 1 unspecified atom stereocenters. The van der Waals surface area contributed by atoms with Crippen LogP contribution in [0.3, 0.4) is 0 Å². The maximum absolute atomic E-state index is 13.6. The fraction of sp³-hybridized carbons (Fsp3) is 0.240. The molecule has 1 atom stereocenters. The number of allylic oxidation sites excluding steroid dienone is 1. The molecule has 0 saturated heterocycles. The van der Waals surface area contributed by atoms with E-state index in [2.05, 4.69) is 4.99 Å². The van der Waals surface area contributed by atoms with Crippen LogP contribution in [0.5, 0.6) is 5.75 Å². The fourth-order valence-corrected chi connectivity index (χ4v) is 5.23. The van der Waals surface area contributed by atoms with Gasteiger partial charge in [-0.15, -0.1) is 0 Å². The number of esters is 1. The molecule has 176 valence electrons. The molecule has 1 aliphatic heterocycles. The van der Waals surface area contributed by atoms with Gasteiger partial charge in [-0.05, 0) is 54.8 Å². The second kappa shape index (κ2) is 10.2. The highest BCUT2D eigenvalue weighted by atomic mass is 35.5. The van der Waals surface area contributed by atoms with E-state index in [4.69, 9.17) is 32.7 Å². The van der Waals surface area contributed by atoms with Crippen LogP contribution in [0.1, 0.15) is 37.4 Å². The third-order valence-corrected chi connectivity index (χ3v) is 6.89. The Hall–Kier alpha value is -2.87. The first kappa shape index (κ1) is 24.3. The number of carbonyl (C=O) groups is 1. The van der Waals surface area contributed by atoms with Crippen LogP contribution in [-0.2, 0) is 9.53 Å². The van der Waals surface area contributed by atoms with Crippen LogP contribution in [-0.4, -0.2) is 24.3 Å². The quantitative estimate of drug-likeness (QED) is 0.452. The van der Waals surface area contributed by atoms with E-state index in [1.54, 1.807) is 31.2 Å². The van der Waals surface area contributed by atoms with E-state index in [0.29, 0.717) is 42.8 Å². The van der Waals surface area contributed by atoms with Crippen molar-refractivity contribution in [1.29, 1.82) is 0 Å². The van der Waals surface area contributed by atoms with E-state index in [9.17, 15) is 9.59 Å². The molecule has 9 heteroatoms. The summed E-state index contributed by atoms with van der Waals surface area (Å²) < 4.78 is 12.7. The first-order valence-corrected chi connectivity index (χ1v) is 12.2. The van der Waals surface area contributed by atoms with Gasteiger partial charge in [0.2, 0.25) is 0 Å². The summed E-state index contributed by atoms with van der Waals surface area (Å²) in [5.74, 6) is 0.184. The summed E-state index contributed by atoms with van der Waals surface area (Å²) in [4.78, 5) is 31.4. The van der Waals surface area contributed by atoms with E-state index in [0.717, 1.165) is 17.7 Å². The zero-order valence-corrected chi connectivity index (χ0v) is 21.1. The first-order chi connectivity index (χ1) is 16.3. The van der Waals surface area contributed by atoms with Crippen molar-refractivity contribution in [1.82, 2.24) is 4.57 Å². The lowest BCUT2D eigenvalue weighted by Crippen LogP contribution is -2.39. The van der Waals surface area contributed by atoms with Gasteiger partial charge in [0, 0.05) is 10.0 Å². The number of thiazole rings is 1. The van der Waals surface area contributed by atoms with E-state index >= 15 is 0 Å². The van der Waals surface area contributed by atoms with E-state index < -0.39 is 12.0 Å². The Morgan fingerprint density at radius 3 is 2.59 bits per heavy atom. The lowest BCUT2D eigenvalue weighted by molar-refractivity contribution is -0.136. The molecule has 2 heterocycles. The van der Waals surface area contributed by atoms with Crippen LogP contribution in [0.15, 0.2) is 63.5 Å². The molecule has 4 rings (SSSR count). The molecule has 0 N–H and O–H groups in total. The van der Waals surface area contributed by atoms with Crippen molar-refractivity contribution >= 4 is 46.6 Å². The number of methoxy groups -OCH3 is 1. The minimum atomic E-state index is -0.688. The van der Waals surface area contributed by atoms with Crippen molar-refractivity contribution in [3.63, 3.8) is 0 Å². The molecular formula is C25H22Cl2N2O4S. The number of hydrogen-bond acceptors (Lipinski definition) is 6. The van der Waals surface area contributed by atoms with E-state index in [1.165, 1.54) is 23.0 Å². The van der Waals surface area contributed by atoms with Crippen LogP contribution in [0, 0.1) is 0 Å². The standard InChI is InChI=1S/C25H22Cl2N2O4S/c1-4-11-33-18-9-6-15(7-10-18)22-21(24(31)32-3)14(2)28-25-29(22)23(30)20(34-25)12-16-5-8-17(26)13-19(16)27/h5-10,12-13,22H,4,11H2,1-3H3/b20-12-. The lowest BCUT2D eigenvalue weighted by Gasteiger charge is -2.24. The van der Waals surface area contributed by atoms with Gasteiger partial charge in [0.05, 0.1) is 35.6 Å². The molecule has 1 aromatic heterocycles. The summed E-state index contributed by atoms with van der Waals surface area (Å²) in [7, 11) is 1.31. The molecule has 6 nitrogen and oxygen atoms in total. The minimum Gasteiger partial charge on any atom is -0.494 e. The van der Waals surface area contributed by atoms with Crippen LogP contribution >= 0.6 is 34.5 Å². The molecule has 0 bridgehead atoms. The number of nitrogens with zero attached hydrogens (tertiary/aromatic N) is 2. The average Bonchev–Trinajstić information content (AvgIpc) is 3.13. The molecule has 1 aliphatic rings. The number of ether oxygens (including phenoxy) is 2. The Kier molecular flexibility index (Phi) is 7.26. The van der Waals surface area contributed by atoms with Gasteiger partial charge in [0.25, 0.3) is 5.56 Å². The maximum atomic E-state index is 13.6. The highest BCUT2D eigenvalue weighted by Gasteiger charge is 2.33. The summed E-state index contributed by atoms with van der Waals surface area (Å²) in [6, 6.07) is 11.8. The Labute approximate surface area is 210 Å². The van der Waals surface area contributed by atoms with Gasteiger partial charge in [-0.2, -0.15) is 0 Å². The number of aromatic nitrogens is 1. The number of fused-ring (bicyclic) bond motifs is 1. The summed E-state index contributed by atoms with van der Waals surface area (Å²) in [5.41, 5.74) is 1.94. The number of carbonyl (C=O) groups excluding carboxylic acids is 1. The highest BCUT2D eigenvalue weighted by molar-refractivity contribution is 7.07. The Morgan fingerprint density at radius 2 is 1.94 bits per heavy atom. The number of hydrogen-bond donors (Lipinski definition) is 0. The summed E-state index contributed by atoms with van der Waals surface area (Å²) in [5, 5.41) is 0.942. The van der Waals surface area contributed by atoms with Crippen molar-refractivity contribution in [3.05, 3.63) is 94.6 Å². The molecule has 0 amide bonds. The van der Waals surface area contributed by atoms with Crippen molar-refractivity contribution < 1.29 is 14.3 Å². The van der Waals surface area contributed by atoms with Gasteiger partial charge in [-0.3, -0.25) is 9.36 Å². The smallest absolute Gasteiger partial charge is 0.338 e. The Morgan fingerprint density at radius 1 is 1.21 bits per heavy atom. The molecule has 34 heavy (non-hydrogen) atoms. The fourth-order valence-electron chi connectivity index (χ4n) is 3.73. The van der Waals surface area contributed by atoms with Crippen molar-refractivity contribution in [2.75, 3.05) is 13.7 Å². The van der Waals surface area contributed by atoms with Gasteiger partial charge in [0.1, 0.15) is 5.75 Å². The molecular weight excluding hydrogens is 495 g/mol. The monoisotopic (exact) mass is 516 g/mol. The van der Waals surface area contributed by atoms with Crippen LogP contribution in [0.2, 0.25) is 10.0 Å². The molecule has 0 spiro atoms. The third kappa shape index (κ3) is 4.69. The van der Waals surface area contributed by atoms with Gasteiger partial charge in [-0.25, -0.2) is 9.79 Å². The van der Waals surface area contributed by atoms with Crippen molar-refractivity contribution in [2.45, 2.75) is 26.3 Å². The van der Waals surface area contributed by atoms with Crippen LogP contribution < -0.4 is 19.6 Å². The summed E-state index contributed by atoms with van der Waals surface area (Å²) >= 11 is 13.5. The topological polar surface area (TPSA) is 69.9 Å². The Balaban J connectivity index is 1.89. The van der Waals surface area contributed by atoms with E-state index in [1.807, 2.05) is 31.2 Å². The van der Waals surface area contributed by atoms with Crippen LogP contribution in [0.4, 0.5) is 0 Å². The lowest BCUT2D eigenvalue weighted by atomic mass is 9.96. The zero-order chi connectivity index (χ0) is 24.4. The van der Waals surface area contributed by atoms with Gasteiger partial charge in [-0.1, -0.05) is 59.7 Å². The highest BCUT2D eigenvalue weighted by Crippen LogP contribution is 2.31. The number of benzene rings is 2. The number of rotatable bonds is 6. The normalized spacial score (nSPS) is 15.7. The minimum absolute atomic E-state index is 0.278. The second-order valence-electron chi connectivity index (χ2n) is 7.66. The SMILES string of the molecule is CCCOc1ccc(C2C(C(=O)OC)=C(C)N=c3s/c(=C\c4ccc(Cl)cc4Cl)c(=O)n32)cc1. The molecule has 0 aliphatic carbocycles. The molecule has 3 aromatic rings. The molecule has 0 saturated carbocycles. The predicted molar refractivity (Wildman–Crippen MR) is 134 cm³/mol. The molecule has 0 fully saturated rings. The van der Waals surface area contributed by atoms with Gasteiger partial charge in [0.15, 0.2) is 4.80 Å². The van der Waals surface area contributed by atoms with Crippen molar-refractivity contribution in [3.8, 4) is 5.75 Å². The predicted octanol–water partition coefficient (Wildman–Crippen LogP) is 4.50. The van der Waals surface area contributed by atoms with Gasteiger partial charge >= 0.3 is 5.97 Å². The van der Waals surface area contributed by atoms with Gasteiger partial charge < -0.3 is 9.47 Å². The summed E-state index contributed by atoms with van der Waals surface area (Å²) in [6.07, 6.45) is 2.60. The van der Waals surface area contributed by atoms with Crippen molar-refractivity contribution in [2.24, 2.45) is 4.99 Å². The molecule has 0 radical (unpaired) electrons. The third-order valence-electron chi connectivity index (χ3n) is 5.34. The largest absolute Gasteiger partial charge is 0.494 e. The zero-order valence-electron chi connectivity index (χ0n) is 18.8. The van der Waals surface area contributed by atoms with Crippen LogP contribution in [0.25, 0.3) is 6.08 Å². The molecule has 2 aromatic carbocycles.